The van der Waals surface area contributed by atoms with Crippen molar-refractivity contribution in [2.75, 3.05) is 12.0 Å². The molecule has 1 amide bonds. The molecule has 0 aliphatic heterocycles. The normalized spacial score (nSPS) is 9.94. The fourth-order valence-corrected chi connectivity index (χ4v) is 1.65. The summed E-state index contributed by atoms with van der Waals surface area (Å²) in [6.07, 6.45) is 0. The van der Waals surface area contributed by atoms with Crippen LogP contribution in [0.1, 0.15) is 0 Å². The van der Waals surface area contributed by atoms with Gasteiger partial charge in [-0.05, 0) is 11.6 Å². The van der Waals surface area contributed by atoms with Gasteiger partial charge in [0.2, 0.25) is 0 Å². The number of halogens is 1. The van der Waals surface area contributed by atoms with E-state index in [4.69, 9.17) is 0 Å². The van der Waals surface area contributed by atoms with Crippen LogP contribution >= 0.6 is 0 Å². The highest BCUT2D eigenvalue weighted by atomic mass is 19.1. The van der Waals surface area contributed by atoms with Crippen LogP contribution in [-0.2, 0) is 4.79 Å². The maximum absolute atomic E-state index is 12.2. The van der Waals surface area contributed by atoms with Crippen molar-refractivity contribution in [2.45, 2.75) is 0 Å². The van der Waals surface area contributed by atoms with E-state index >= 15 is 0 Å². The molecule has 0 saturated heterocycles. The minimum Gasteiger partial charge on any atom is -0.323 e. The minimum absolute atomic E-state index is 0.626. The molecular formula is C14H12FNO. The third-order valence-electron chi connectivity index (χ3n) is 2.41. The fraction of sp³-hybridized carbons (Fsp3) is 0.0714. The lowest BCUT2D eigenvalue weighted by Crippen LogP contribution is -2.13. The van der Waals surface area contributed by atoms with Crippen molar-refractivity contribution < 1.29 is 9.18 Å². The van der Waals surface area contributed by atoms with Gasteiger partial charge in [0.05, 0.1) is 0 Å². The molecule has 0 heterocycles. The van der Waals surface area contributed by atoms with Crippen LogP contribution in [0, 0.1) is 0 Å². The van der Waals surface area contributed by atoms with Crippen molar-refractivity contribution in [3.05, 3.63) is 54.6 Å². The van der Waals surface area contributed by atoms with Crippen LogP contribution in [-0.4, -0.2) is 12.6 Å². The lowest BCUT2D eigenvalue weighted by Gasteiger charge is -2.09. The van der Waals surface area contributed by atoms with Crippen LogP contribution in [0.15, 0.2) is 54.6 Å². The average molecular weight is 229 g/mol. The molecule has 0 unspecified atom stereocenters. The number of nitrogens with one attached hydrogen (secondary N) is 1. The second-order valence-corrected chi connectivity index (χ2v) is 3.59. The molecule has 86 valence electrons. The highest BCUT2D eigenvalue weighted by Gasteiger charge is 2.06. The summed E-state index contributed by atoms with van der Waals surface area (Å²) in [4.78, 5) is 11.1. The third kappa shape index (κ3) is 2.69. The molecule has 0 atom stereocenters. The highest BCUT2D eigenvalue weighted by Crippen LogP contribution is 2.27. The third-order valence-corrected chi connectivity index (χ3v) is 2.41. The van der Waals surface area contributed by atoms with Crippen LogP contribution in [0.3, 0.4) is 0 Å². The molecule has 0 bridgehead atoms. The maximum atomic E-state index is 12.2. The van der Waals surface area contributed by atoms with Gasteiger partial charge in [0, 0.05) is 11.3 Å². The van der Waals surface area contributed by atoms with Crippen molar-refractivity contribution in [3.63, 3.8) is 0 Å². The first-order valence-corrected chi connectivity index (χ1v) is 5.31. The number of hydrogen-bond acceptors (Lipinski definition) is 1. The number of amides is 1. The van der Waals surface area contributed by atoms with Gasteiger partial charge in [-0.15, -0.1) is 0 Å². The Kier molecular flexibility index (Phi) is 3.50. The summed E-state index contributed by atoms with van der Waals surface area (Å²) in [5.41, 5.74) is 2.50. The first-order chi connectivity index (χ1) is 8.31. The second kappa shape index (κ2) is 5.25. The van der Waals surface area contributed by atoms with Crippen LogP contribution in [0.5, 0.6) is 0 Å². The predicted molar refractivity (Wildman–Crippen MR) is 66.5 cm³/mol. The van der Waals surface area contributed by atoms with E-state index in [0.29, 0.717) is 5.69 Å². The topological polar surface area (TPSA) is 29.1 Å². The Labute approximate surface area is 99.1 Å². The molecule has 0 aliphatic carbocycles. The van der Waals surface area contributed by atoms with Crippen LogP contribution in [0.4, 0.5) is 10.1 Å². The molecule has 2 nitrogen and oxygen atoms in total. The SMILES string of the molecule is O=C(CF)Nc1ccccc1-c1ccccc1. The first kappa shape index (κ1) is 11.3. The van der Waals surface area contributed by atoms with Gasteiger partial charge in [-0.3, -0.25) is 4.79 Å². The largest absolute Gasteiger partial charge is 0.323 e. The van der Waals surface area contributed by atoms with E-state index in [1.54, 1.807) is 12.1 Å². The van der Waals surface area contributed by atoms with Gasteiger partial charge in [0.15, 0.2) is 6.67 Å². The summed E-state index contributed by atoms with van der Waals surface area (Å²) >= 11 is 0. The summed E-state index contributed by atoms with van der Waals surface area (Å²) in [7, 11) is 0. The molecule has 0 fully saturated rings. The molecule has 0 radical (unpaired) electrons. The van der Waals surface area contributed by atoms with Gasteiger partial charge >= 0.3 is 0 Å². The Balaban J connectivity index is 2.38. The fourth-order valence-electron chi connectivity index (χ4n) is 1.65. The molecule has 0 saturated carbocycles. The van der Waals surface area contributed by atoms with Crippen molar-refractivity contribution in [1.82, 2.24) is 0 Å². The van der Waals surface area contributed by atoms with E-state index in [-0.39, 0.29) is 0 Å². The molecule has 2 rings (SSSR count). The molecule has 0 aromatic heterocycles. The zero-order valence-electron chi connectivity index (χ0n) is 9.19. The van der Waals surface area contributed by atoms with Gasteiger partial charge in [-0.1, -0.05) is 48.5 Å². The van der Waals surface area contributed by atoms with E-state index in [9.17, 15) is 9.18 Å². The molecule has 17 heavy (non-hydrogen) atoms. The number of benzene rings is 2. The van der Waals surface area contributed by atoms with E-state index < -0.39 is 12.6 Å². The zero-order valence-corrected chi connectivity index (χ0v) is 9.19. The van der Waals surface area contributed by atoms with Gasteiger partial charge < -0.3 is 5.32 Å². The zero-order chi connectivity index (χ0) is 12.1. The average Bonchev–Trinajstić information content (AvgIpc) is 2.40. The van der Waals surface area contributed by atoms with Crippen LogP contribution in [0.25, 0.3) is 11.1 Å². The number of para-hydroxylation sites is 1. The Morgan fingerprint density at radius 3 is 2.35 bits per heavy atom. The molecular weight excluding hydrogens is 217 g/mol. The Hall–Kier alpha value is -2.16. The van der Waals surface area contributed by atoms with Crippen molar-refractivity contribution in [3.8, 4) is 11.1 Å². The summed E-state index contributed by atoms with van der Waals surface area (Å²) in [6, 6.07) is 17.0. The Bertz CT molecular complexity index is 511. The number of carbonyl (C=O) groups is 1. The number of anilines is 1. The minimum atomic E-state index is -1.01. The Morgan fingerprint density at radius 2 is 1.65 bits per heavy atom. The maximum Gasteiger partial charge on any atom is 0.255 e. The molecule has 1 N–H and O–H groups in total. The van der Waals surface area contributed by atoms with Crippen LogP contribution < -0.4 is 5.32 Å². The highest BCUT2D eigenvalue weighted by molar-refractivity contribution is 5.96. The monoisotopic (exact) mass is 229 g/mol. The van der Waals surface area contributed by atoms with Gasteiger partial charge in [-0.25, -0.2) is 4.39 Å². The number of carbonyl (C=O) groups excluding carboxylic acids is 1. The van der Waals surface area contributed by atoms with Gasteiger partial charge in [0.1, 0.15) is 0 Å². The molecule has 0 aliphatic rings. The lowest BCUT2D eigenvalue weighted by atomic mass is 10.0. The van der Waals surface area contributed by atoms with E-state index in [0.717, 1.165) is 11.1 Å². The molecule has 0 spiro atoms. The van der Waals surface area contributed by atoms with E-state index in [2.05, 4.69) is 5.32 Å². The van der Waals surface area contributed by atoms with Crippen LogP contribution in [0.2, 0.25) is 0 Å². The quantitative estimate of drug-likeness (QED) is 0.859. The van der Waals surface area contributed by atoms with Crippen molar-refractivity contribution in [2.24, 2.45) is 0 Å². The molecule has 2 aromatic carbocycles. The van der Waals surface area contributed by atoms with Gasteiger partial charge in [0.25, 0.3) is 5.91 Å². The standard InChI is InChI=1S/C14H12FNO/c15-10-14(17)16-13-9-5-4-8-12(13)11-6-2-1-3-7-11/h1-9H,10H2,(H,16,17). The van der Waals surface area contributed by atoms with Crippen molar-refractivity contribution >= 4 is 11.6 Å². The summed E-state index contributed by atoms with van der Waals surface area (Å²) in [5.74, 6) is -0.631. The molecule has 3 heteroatoms. The molecule has 2 aromatic rings. The summed E-state index contributed by atoms with van der Waals surface area (Å²) in [6.45, 7) is -1.01. The van der Waals surface area contributed by atoms with E-state index in [1.807, 2.05) is 42.5 Å². The van der Waals surface area contributed by atoms with Crippen molar-refractivity contribution in [1.29, 1.82) is 0 Å². The van der Waals surface area contributed by atoms with E-state index in [1.165, 1.54) is 0 Å². The number of alkyl halides is 1. The second-order valence-electron chi connectivity index (χ2n) is 3.59. The van der Waals surface area contributed by atoms with Gasteiger partial charge in [-0.2, -0.15) is 0 Å². The number of hydrogen-bond donors (Lipinski definition) is 1. The first-order valence-electron chi connectivity index (χ1n) is 5.31. The predicted octanol–water partition coefficient (Wildman–Crippen LogP) is 3.26. The summed E-state index contributed by atoms with van der Waals surface area (Å²) < 4.78 is 12.2. The number of rotatable bonds is 3. The Morgan fingerprint density at radius 1 is 1.00 bits per heavy atom. The lowest BCUT2D eigenvalue weighted by molar-refractivity contribution is -0.117. The summed E-state index contributed by atoms with van der Waals surface area (Å²) in [5, 5.41) is 2.54. The smallest absolute Gasteiger partial charge is 0.255 e.